The lowest BCUT2D eigenvalue weighted by Gasteiger charge is -2.14. The highest BCUT2D eigenvalue weighted by Crippen LogP contribution is 2.21. The third-order valence-corrected chi connectivity index (χ3v) is 2.56. The highest BCUT2D eigenvalue weighted by molar-refractivity contribution is 6.34. The Morgan fingerprint density at radius 1 is 1.32 bits per heavy atom. The molecule has 1 atom stereocenters. The number of halogens is 1. The summed E-state index contributed by atoms with van der Waals surface area (Å²) >= 11 is 5.79. The fraction of sp³-hybridized carbons (Fsp3) is 0.182. The number of anilines is 1. The van der Waals surface area contributed by atoms with Crippen LogP contribution in [0.4, 0.5) is 5.69 Å². The van der Waals surface area contributed by atoms with Gasteiger partial charge in [0.05, 0.1) is 17.0 Å². The molecule has 0 bridgehead atoms. The normalized spacial score (nSPS) is 11.6. The van der Waals surface area contributed by atoms with Gasteiger partial charge >= 0.3 is 11.9 Å². The third-order valence-electron chi connectivity index (χ3n) is 2.25. The number of amides is 1. The van der Waals surface area contributed by atoms with Crippen molar-refractivity contribution >= 4 is 35.1 Å². The average molecular weight is 287 g/mol. The zero-order valence-electron chi connectivity index (χ0n) is 9.59. The highest BCUT2D eigenvalue weighted by Gasteiger charge is 2.21. The Hall–Kier alpha value is -2.28. The largest absolute Gasteiger partial charge is 0.481 e. The van der Waals surface area contributed by atoms with Crippen LogP contribution >= 0.6 is 11.6 Å². The van der Waals surface area contributed by atoms with Gasteiger partial charge in [-0.3, -0.25) is 9.59 Å². The number of benzene rings is 1. The molecule has 1 unspecified atom stereocenters. The van der Waals surface area contributed by atoms with Crippen molar-refractivity contribution in [3.63, 3.8) is 0 Å². The Balaban J connectivity index is 2.91. The molecule has 0 radical (unpaired) electrons. The predicted molar refractivity (Wildman–Crippen MR) is 67.3 cm³/mol. The van der Waals surface area contributed by atoms with E-state index in [4.69, 9.17) is 27.5 Å². The van der Waals surface area contributed by atoms with Crippen molar-refractivity contribution < 1.29 is 24.6 Å². The topological polar surface area (TPSA) is 130 Å². The fourth-order valence-electron chi connectivity index (χ4n) is 1.38. The molecule has 0 aliphatic rings. The van der Waals surface area contributed by atoms with E-state index in [1.165, 1.54) is 18.2 Å². The Kier molecular flexibility index (Phi) is 4.71. The standard InChI is InChI=1S/C11H11ClN2O5/c12-7-3-5(1-2-6(7)10(13)17)14-8(11(18)19)4-9(15)16/h1-3,8,14H,4H2,(H2,13,17)(H,15,16)(H,18,19). The summed E-state index contributed by atoms with van der Waals surface area (Å²) in [4.78, 5) is 32.3. The fourth-order valence-corrected chi connectivity index (χ4v) is 1.65. The number of carbonyl (C=O) groups excluding carboxylic acids is 1. The smallest absolute Gasteiger partial charge is 0.326 e. The van der Waals surface area contributed by atoms with Crippen LogP contribution in [0.3, 0.4) is 0 Å². The van der Waals surface area contributed by atoms with Crippen molar-refractivity contribution in [2.75, 3.05) is 5.32 Å². The number of rotatable bonds is 6. The first-order valence-electron chi connectivity index (χ1n) is 5.11. The van der Waals surface area contributed by atoms with Crippen LogP contribution in [0.5, 0.6) is 0 Å². The Morgan fingerprint density at radius 3 is 2.37 bits per heavy atom. The molecule has 7 nitrogen and oxygen atoms in total. The maximum Gasteiger partial charge on any atom is 0.326 e. The van der Waals surface area contributed by atoms with Crippen molar-refractivity contribution in [1.29, 1.82) is 0 Å². The number of aliphatic carboxylic acids is 2. The highest BCUT2D eigenvalue weighted by atomic mass is 35.5. The number of carboxylic acid groups (broad SMARTS) is 2. The first kappa shape index (κ1) is 14.8. The summed E-state index contributed by atoms with van der Waals surface area (Å²) in [7, 11) is 0. The first-order valence-corrected chi connectivity index (χ1v) is 5.49. The van der Waals surface area contributed by atoms with Gasteiger partial charge in [0, 0.05) is 5.69 Å². The van der Waals surface area contributed by atoms with Gasteiger partial charge in [-0.2, -0.15) is 0 Å². The molecule has 0 heterocycles. The molecule has 1 rings (SSSR count). The number of primary amides is 1. The van der Waals surface area contributed by atoms with Crippen LogP contribution in [-0.2, 0) is 9.59 Å². The molecule has 1 aromatic rings. The van der Waals surface area contributed by atoms with Crippen LogP contribution in [0.1, 0.15) is 16.8 Å². The minimum atomic E-state index is -1.31. The van der Waals surface area contributed by atoms with Crippen molar-refractivity contribution in [3.05, 3.63) is 28.8 Å². The first-order chi connectivity index (χ1) is 8.81. The summed E-state index contributed by atoms with van der Waals surface area (Å²) in [6, 6.07) is 2.73. The molecular formula is C11H11ClN2O5. The van der Waals surface area contributed by atoms with Gasteiger partial charge in [-0.15, -0.1) is 0 Å². The number of hydrogen-bond donors (Lipinski definition) is 4. The van der Waals surface area contributed by atoms with Gasteiger partial charge in [-0.1, -0.05) is 11.6 Å². The van der Waals surface area contributed by atoms with Crippen LogP contribution in [0, 0.1) is 0 Å². The second kappa shape index (κ2) is 6.05. The van der Waals surface area contributed by atoms with Crippen molar-refractivity contribution in [2.45, 2.75) is 12.5 Å². The lowest BCUT2D eigenvalue weighted by atomic mass is 10.1. The van der Waals surface area contributed by atoms with Gasteiger partial charge in [0.15, 0.2) is 0 Å². The molecule has 0 spiro atoms. The van der Waals surface area contributed by atoms with E-state index in [1.54, 1.807) is 0 Å². The molecule has 5 N–H and O–H groups in total. The second-order valence-corrected chi connectivity index (χ2v) is 4.10. The third kappa shape index (κ3) is 4.14. The molecule has 1 aromatic carbocycles. The Labute approximate surface area is 113 Å². The molecule has 0 aliphatic carbocycles. The monoisotopic (exact) mass is 286 g/mol. The molecule has 102 valence electrons. The second-order valence-electron chi connectivity index (χ2n) is 3.69. The number of carboxylic acids is 2. The van der Waals surface area contributed by atoms with Gasteiger partial charge in [0.2, 0.25) is 5.91 Å². The molecule has 8 heteroatoms. The van der Waals surface area contributed by atoms with Gasteiger partial charge in [-0.05, 0) is 18.2 Å². The van der Waals surface area contributed by atoms with E-state index in [0.717, 1.165) is 0 Å². The maximum atomic E-state index is 11.0. The lowest BCUT2D eigenvalue weighted by Crippen LogP contribution is -2.31. The summed E-state index contributed by atoms with van der Waals surface area (Å²) in [6.07, 6.45) is -0.593. The molecule has 19 heavy (non-hydrogen) atoms. The Morgan fingerprint density at radius 2 is 1.95 bits per heavy atom. The molecule has 0 aromatic heterocycles. The van der Waals surface area contributed by atoms with Crippen molar-refractivity contribution in [1.82, 2.24) is 0 Å². The molecular weight excluding hydrogens is 276 g/mol. The summed E-state index contributed by atoms with van der Waals surface area (Å²) in [5.74, 6) is -3.27. The van der Waals surface area contributed by atoms with Gasteiger partial charge in [-0.25, -0.2) is 4.79 Å². The minimum Gasteiger partial charge on any atom is -0.481 e. The Bertz CT molecular complexity index is 532. The number of nitrogens with two attached hydrogens (primary N) is 1. The van der Waals surface area contributed by atoms with E-state index in [9.17, 15) is 14.4 Å². The summed E-state index contributed by atoms with van der Waals surface area (Å²) in [5, 5.41) is 20.0. The number of carbonyl (C=O) groups is 3. The lowest BCUT2D eigenvalue weighted by molar-refractivity contribution is -0.144. The van der Waals surface area contributed by atoms with E-state index in [1.807, 2.05) is 0 Å². The number of nitrogens with one attached hydrogen (secondary N) is 1. The summed E-state index contributed by atoms with van der Waals surface area (Å²) in [6.45, 7) is 0. The maximum absolute atomic E-state index is 11.0. The zero-order valence-corrected chi connectivity index (χ0v) is 10.3. The van der Waals surface area contributed by atoms with Crippen LogP contribution in [-0.4, -0.2) is 34.1 Å². The van der Waals surface area contributed by atoms with Crippen LogP contribution in [0.15, 0.2) is 18.2 Å². The van der Waals surface area contributed by atoms with E-state index < -0.39 is 30.3 Å². The van der Waals surface area contributed by atoms with Crippen LogP contribution in [0.25, 0.3) is 0 Å². The van der Waals surface area contributed by atoms with Gasteiger partial charge < -0.3 is 21.3 Å². The van der Waals surface area contributed by atoms with Crippen molar-refractivity contribution in [3.8, 4) is 0 Å². The van der Waals surface area contributed by atoms with E-state index in [2.05, 4.69) is 5.32 Å². The van der Waals surface area contributed by atoms with Gasteiger partial charge in [0.1, 0.15) is 6.04 Å². The minimum absolute atomic E-state index is 0.0527. The SMILES string of the molecule is NC(=O)c1ccc(NC(CC(=O)O)C(=O)O)cc1Cl. The quantitative estimate of drug-likeness (QED) is 0.611. The van der Waals surface area contributed by atoms with Gasteiger partial charge in [0.25, 0.3) is 0 Å². The molecule has 1 amide bonds. The molecule has 0 fully saturated rings. The van der Waals surface area contributed by atoms with E-state index >= 15 is 0 Å². The van der Waals surface area contributed by atoms with Crippen molar-refractivity contribution in [2.24, 2.45) is 5.73 Å². The average Bonchev–Trinajstić information content (AvgIpc) is 2.26. The molecule has 0 aliphatic heterocycles. The van der Waals surface area contributed by atoms with E-state index in [0.29, 0.717) is 0 Å². The summed E-state index contributed by atoms with van der Waals surface area (Å²) < 4.78 is 0. The summed E-state index contributed by atoms with van der Waals surface area (Å²) in [5.41, 5.74) is 5.44. The van der Waals surface area contributed by atoms with Crippen LogP contribution < -0.4 is 11.1 Å². The van der Waals surface area contributed by atoms with E-state index in [-0.39, 0.29) is 16.3 Å². The predicted octanol–water partition coefficient (Wildman–Crippen LogP) is 0.779. The molecule has 0 saturated heterocycles. The zero-order chi connectivity index (χ0) is 14.6. The van der Waals surface area contributed by atoms with Crippen LogP contribution in [0.2, 0.25) is 5.02 Å². The molecule has 0 saturated carbocycles. The number of hydrogen-bond acceptors (Lipinski definition) is 4.